The lowest BCUT2D eigenvalue weighted by Gasteiger charge is -2.32. The lowest BCUT2D eigenvalue weighted by Crippen LogP contribution is -2.28. The highest BCUT2D eigenvalue weighted by molar-refractivity contribution is 5.25. The van der Waals surface area contributed by atoms with Crippen molar-refractivity contribution in [1.29, 1.82) is 0 Å². The molecule has 1 aromatic carbocycles. The van der Waals surface area contributed by atoms with Gasteiger partial charge in [0.2, 0.25) is 0 Å². The number of rotatable bonds is 3. The summed E-state index contributed by atoms with van der Waals surface area (Å²) < 4.78 is 27.6. The van der Waals surface area contributed by atoms with E-state index in [9.17, 15) is 8.78 Å². The van der Waals surface area contributed by atoms with Crippen molar-refractivity contribution in [2.24, 2.45) is 5.92 Å². The summed E-state index contributed by atoms with van der Waals surface area (Å²) in [4.78, 5) is 0. The standard InChI is InChI=1S/C14H19F2N/c1-17-9-10-5-2-3-6-11(10)14-12(15)7-4-8-13(14)16/h4,7-8,10-11,17H,2-3,5-6,9H2,1H3. The first-order valence-corrected chi connectivity index (χ1v) is 6.32. The summed E-state index contributed by atoms with van der Waals surface area (Å²) in [7, 11) is 1.89. The van der Waals surface area contributed by atoms with Gasteiger partial charge in [0.25, 0.3) is 0 Å². The van der Waals surface area contributed by atoms with Crippen LogP contribution in [-0.4, -0.2) is 13.6 Å². The van der Waals surface area contributed by atoms with Gasteiger partial charge in [-0.3, -0.25) is 0 Å². The molecule has 17 heavy (non-hydrogen) atoms. The van der Waals surface area contributed by atoms with Gasteiger partial charge in [0, 0.05) is 5.56 Å². The lowest BCUT2D eigenvalue weighted by molar-refractivity contribution is 0.288. The quantitative estimate of drug-likeness (QED) is 0.851. The predicted octanol–water partition coefficient (Wildman–Crippen LogP) is 3.46. The van der Waals surface area contributed by atoms with Crippen LogP contribution >= 0.6 is 0 Å². The van der Waals surface area contributed by atoms with Crippen LogP contribution in [0, 0.1) is 17.6 Å². The number of benzene rings is 1. The molecule has 2 atom stereocenters. The molecule has 0 amide bonds. The van der Waals surface area contributed by atoms with Crippen LogP contribution in [0.1, 0.15) is 37.2 Å². The van der Waals surface area contributed by atoms with Crippen molar-refractivity contribution >= 4 is 0 Å². The van der Waals surface area contributed by atoms with Crippen LogP contribution in [0.25, 0.3) is 0 Å². The highest BCUT2D eigenvalue weighted by atomic mass is 19.1. The Labute approximate surface area is 101 Å². The van der Waals surface area contributed by atoms with Gasteiger partial charge in [0.05, 0.1) is 0 Å². The molecule has 1 aliphatic carbocycles. The van der Waals surface area contributed by atoms with Crippen LogP contribution in [0.3, 0.4) is 0 Å². The van der Waals surface area contributed by atoms with Gasteiger partial charge in [-0.2, -0.15) is 0 Å². The van der Waals surface area contributed by atoms with Gasteiger partial charge in [-0.1, -0.05) is 18.9 Å². The second kappa shape index (κ2) is 5.58. The zero-order valence-corrected chi connectivity index (χ0v) is 10.2. The summed E-state index contributed by atoms with van der Waals surface area (Å²) in [6, 6.07) is 4.16. The van der Waals surface area contributed by atoms with E-state index in [-0.39, 0.29) is 5.92 Å². The minimum absolute atomic E-state index is 0.0254. The maximum Gasteiger partial charge on any atom is 0.129 e. The molecule has 1 aliphatic rings. The highest BCUT2D eigenvalue weighted by Gasteiger charge is 2.29. The van der Waals surface area contributed by atoms with Crippen LogP contribution in [0.5, 0.6) is 0 Å². The predicted molar refractivity (Wildman–Crippen MR) is 65.0 cm³/mol. The Hall–Kier alpha value is -0.960. The minimum Gasteiger partial charge on any atom is -0.319 e. The van der Waals surface area contributed by atoms with Gasteiger partial charge in [-0.25, -0.2) is 8.78 Å². The van der Waals surface area contributed by atoms with Crippen LogP contribution in [-0.2, 0) is 0 Å². The first kappa shape index (κ1) is 12.5. The van der Waals surface area contributed by atoms with Gasteiger partial charge in [-0.05, 0) is 50.4 Å². The SMILES string of the molecule is CNCC1CCCCC1c1c(F)cccc1F. The third kappa shape index (κ3) is 2.65. The lowest BCUT2D eigenvalue weighted by atomic mass is 9.75. The fourth-order valence-corrected chi connectivity index (χ4v) is 2.96. The summed E-state index contributed by atoms with van der Waals surface area (Å²) in [6.45, 7) is 0.832. The van der Waals surface area contributed by atoms with E-state index < -0.39 is 11.6 Å². The Morgan fingerprint density at radius 1 is 1.18 bits per heavy atom. The third-order valence-corrected chi connectivity index (χ3v) is 3.75. The van der Waals surface area contributed by atoms with E-state index in [2.05, 4.69) is 5.32 Å². The smallest absolute Gasteiger partial charge is 0.129 e. The molecule has 0 bridgehead atoms. The van der Waals surface area contributed by atoms with E-state index in [0.717, 1.165) is 25.8 Å². The fraction of sp³-hybridized carbons (Fsp3) is 0.571. The average Bonchev–Trinajstić information content (AvgIpc) is 2.31. The second-order valence-corrected chi connectivity index (χ2v) is 4.84. The second-order valence-electron chi connectivity index (χ2n) is 4.84. The molecular formula is C14H19F2N. The molecule has 0 radical (unpaired) electrons. The molecule has 3 heteroatoms. The number of hydrogen-bond donors (Lipinski definition) is 1. The maximum atomic E-state index is 13.8. The Bertz CT molecular complexity index is 356. The Morgan fingerprint density at radius 3 is 2.47 bits per heavy atom. The number of nitrogens with one attached hydrogen (secondary N) is 1. The van der Waals surface area contributed by atoms with E-state index in [1.807, 2.05) is 7.05 Å². The number of halogens is 2. The summed E-state index contributed by atoms with van der Waals surface area (Å²) in [5.74, 6) is -0.409. The van der Waals surface area contributed by atoms with E-state index in [1.165, 1.54) is 24.6 Å². The van der Waals surface area contributed by atoms with E-state index >= 15 is 0 Å². The van der Waals surface area contributed by atoms with Crippen molar-refractivity contribution in [3.8, 4) is 0 Å². The Kier molecular flexibility index (Phi) is 4.11. The monoisotopic (exact) mass is 239 g/mol. The highest BCUT2D eigenvalue weighted by Crippen LogP contribution is 2.39. The largest absolute Gasteiger partial charge is 0.319 e. The molecule has 1 fully saturated rings. The van der Waals surface area contributed by atoms with Gasteiger partial charge in [0.15, 0.2) is 0 Å². The Balaban J connectivity index is 2.29. The third-order valence-electron chi connectivity index (χ3n) is 3.75. The summed E-state index contributed by atoms with van der Waals surface area (Å²) in [5.41, 5.74) is 0.299. The van der Waals surface area contributed by atoms with Gasteiger partial charge >= 0.3 is 0 Å². The number of hydrogen-bond acceptors (Lipinski definition) is 1. The van der Waals surface area contributed by atoms with Gasteiger partial charge in [-0.15, -0.1) is 0 Å². The molecule has 1 nitrogen and oxygen atoms in total. The first-order chi connectivity index (χ1) is 8.24. The van der Waals surface area contributed by atoms with E-state index in [0.29, 0.717) is 11.5 Å². The van der Waals surface area contributed by atoms with E-state index in [4.69, 9.17) is 0 Å². The summed E-state index contributed by atoms with van der Waals surface area (Å²) >= 11 is 0. The summed E-state index contributed by atoms with van der Waals surface area (Å²) in [6.07, 6.45) is 4.18. The topological polar surface area (TPSA) is 12.0 Å². The minimum atomic E-state index is -0.391. The molecule has 2 unspecified atom stereocenters. The van der Waals surface area contributed by atoms with Gasteiger partial charge in [0.1, 0.15) is 11.6 Å². The molecule has 0 spiro atoms. The molecule has 0 saturated heterocycles. The zero-order chi connectivity index (χ0) is 12.3. The first-order valence-electron chi connectivity index (χ1n) is 6.32. The molecule has 1 N–H and O–H groups in total. The van der Waals surface area contributed by atoms with E-state index in [1.54, 1.807) is 0 Å². The molecule has 0 aliphatic heterocycles. The molecule has 1 aromatic rings. The molecular weight excluding hydrogens is 220 g/mol. The maximum absolute atomic E-state index is 13.8. The van der Waals surface area contributed by atoms with Crippen LogP contribution in [0.4, 0.5) is 8.78 Å². The Morgan fingerprint density at radius 2 is 1.82 bits per heavy atom. The molecule has 0 aromatic heterocycles. The van der Waals surface area contributed by atoms with Crippen molar-refractivity contribution in [3.63, 3.8) is 0 Å². The molecule has 2 rings (SSSR count). The average molecular weight is 239 g/mol. The summed E-state index contributed by atoms with van der Waals surface area (Å²) in [5, 5.41) is 3.13. The normalized spacial score (nSPS) is 24.9. The van der Waals surface area contributed by atoms with Crippen LogP contribution < -0.4 is 5.32 Å². The van der Waals surface area contributed by atoms with Crippen LogP contribution in [0.2, 0.25) is 0 Å². The van der Waals surface area contributed by atoms with Crippen molar-refractivity contribution in [2.45, 2.75) is 31.6 Å². The van der Waals surface area contributed by atoms with Crippen molar-refractivity contribution in [2.75, 3.05) is 13.6 Å². The fourth-order valence-electron chi connectivity index (χ4n) is 2.96. The zero-order valence-electron chi connectivity index (χ0n) is 10.2. The van der Waals surface area contributed by atoms with Crippen LogP contribution in [0.15, 0.2) is 18.2 Å². The van der Waals surface area contributed by atoms with Gasteiger partial charge < -0.3 is 5.32 Å². The molecule has 0 heterocycles. The van der Waals surface area contributed by atoms with Crippen molar-refractivity contribution < 1.29 is 8.78 Å². The van der Waals surface area contributed by atoms with Crippen molar-refractivity contribution in [1.82, 2.24) is 5.32 Å². The molecule has 1 saturated carbocycles. The van der Waals surface area contributed by atoms with Crippen molar-refractivity contribution in [3.05, 3.63) is 35.4 Å². The molecule has 94 valence electrons.